The van der Waals surface area contributed by atoms with Crippen LogP contribution in [0.3, 0.4) is 0 Å². The molecule has 2 unspecified atom stereocenters. The van der Waals surface area contributed by atoms with Crippen LogP contribution in [0.5, 0.6) is 0 Å². The Morgan fingerprint density at radius 2 is 1.86 bits per heavy atom. The van der Waals surface area contributed by atoms with Crippen LogP contribution < -0.4 is 11.1 Å². The van der Waals surface area contributed by atoms with Crippen LogP contribution in [-0.4, -0.2) is 11.9 Å². The van der Waals surface area contributed by atoms with Crippen LogP contribution in [-0.2, 0) is 11.3 Å². The second-order valence-electron chi connectivity index (χ2n) is 6.22. The summed E-state index contributed by atoms with van der Waals surface area (Å²) in [4.78, 5) is 12.2. The Kier molecular flexibility index (Phi) is 6.69. The van der Waals surface area contributed by atoms with E-state index in [1.54, 1.807) is 0 Å². The molecule has 0 bridgehead atoms. The second kappa shape index (κ2) is 7.81. The highest BCUT2D eigenvalue weighted by atomic mass is 35.5. The topological polar surface area (TPSA) is 55.1 Å². The van der Waals surface area contributed by atoms with Gasteiger partial charge in [-0.15, -0.1) is 12.4 Å². The molecule has 3 nitrogen and oxygen atoms in total. The monoisotopic (exact) mass is 310 g/mol. The highest BCUT2D eigenvalue weighted by Crippen LogP contribution is 2.23. The first-order valence-electron chi connectivity index (χ1n) is 7.57. The summed E-state index contributed by atoms with van der Waals surface area (Å²) in [7, 11) is 0. The lowest BCUT2D eigenvalue weighted by atomic mass is 9.85. The average Bonchev–Trinajstić information content (AvgIpc) is 2.37. The van der Waals surface area contributed by atoms with E-state index in [9.17, 15) is 4.79 Å². The molecule has 0 saturated heterocycles. The molecule has 2 atom stereocenters. The van der Waals surface area contributed by atoms with E-state index in [4.69, 9.17) is 5.73 Å². The lowest BCUT2D eigenvalue weighted by Crippen LogP contribution is -2.37. The van der Waals surface area contributed by atoms with Crippen molar-refractivity contribution in [2.75, 3.05) is 0 Å². The number of carbonyl (C=O) groups is 1. The third kappa shape index (κ3) is 4.72. The first kappa shape index (κ1) is 18.0. The van der Waals surface area contributed by atoms with E-state index in [1.807, 2.05) is 0 Å². The molecule has 4 heteroatoms. The third-order valence-electron chi connectivity index (χ3n) is 4.37. The summed E-state index contributed by atoms with van der Waals surface area (Å²) in [6, 6.07) is 4.54. The Morgan fingerprint density at radius 1 is 1.24 bits per heavy atom. The molecule has 1 amide bonds. The van der Waals surface area contributed by atoms with E-state index in [2.05, 4.69) is 38.2 Å². The highest BCUT2D eigenvalue weighted by molar-refractivity contribution is 5.85. The molecule has 1 aromatic rings. The van der Waals surface area contributed by atoms with Crippen LogP contribution in [0.25, 0.3) is 0 Å². The summed E-state index contributed by atoms with van der Waals surface area (Å²) >= 11 is 0. The van der Waals surface area contributed by atoms with Gasteiger partial charge in [0, 0.05) is 18.5 Å². The summed E-state index contributed by atoms with van der Waals surface area (Å²) in [5.74, 6) is 0.268. The fraction of sp³-hybridized carbons (Fsp3) is 0.588. The molecule has 1 aliphatic carbocycles. The van der Waals surface area contributed by atoms with Crippen molar-refractivity contribution < 1.29 is 4.79 Å². The maximum Gasteiger partial charge on any atom is 0.223 e. The normalized spacial score (nSPS) is 21.5. The fourth-order valence-electron chi connectivity index (χ4n) is 3.27. The molecule has 1 saturated carbocycles. The van der Waals surface area contributed by atoms with Crippen molar-refractivity contribution >= 4 is 18.3 Å². The molecule has 0 spiro atoms. The van der Waals surface area contributed by atoms with Gasteiger partial charge in [0.15, 0.2) is 0 Å². The van der Waals surface area contributed by atoms with Gasteiger partial charge in [0.25, 0.3) is 0 Å². The van der Waals surface area contributed by atoms with Crippen molar-refractivity contribution in [3.8, 4) is 0 Å². The zero-order valence-corrected chi connectivity index (χ0v) is 14.1. The smallest absolute Gasteiger partial charge is 0.223 e. The zero-order valence-electron chi connectivity index (χ0n) is 13.2. The van der Waals surface area contributed by atoms with Crippen LogP contribution in [0.4, 0.5) is 0 Å². The van der Waals surface area contributed by atoms with Gasteiger partial charge in [-0.25, -0.2) is 0 Å². The van der Waals surface area contributed by atoms with Gasteiger partial charge in [0.2, 0.25) is 5.91 Å². The van der Waals surface area contributed by atoms with Crippen molar-refractivity contribution in [3.05, 3.63) is 34.4 Å². The van der Waals surface area contributed by atoms with Gasteiger partial charge in [-0.05, 0) is 56.7 Å². The molecule has 3 N–H and O–H groups in total. The molecular formula is C17H27ClN2O. The Morgan fingerprint density at radius 3 is 2.43 bits per heavy atom. The number of nitrogens with one attached hydrogen (secondary N) is 1. The maximum absolute atomic E-state index is 12.2. The quantitative estimate of drug-likeness (QED) is 0.901. The first-order valence-corrected chi connectivity index (χ1v) is 7.57. The van der Waals surface area contributed by atoms with E-state index in [0.717, 1.165) is 25.7 Å². The van der Waals surface area contributed by atoms with E-state index < -0.39 is 0 Å². The van der Waals surface area contributed by atoms with Crippen LogP contribution in [0.2, 0.25) is 0 Å². The number of hydrogen-bond donors (Lipinski definition) is 2. The standard InChI is InChI=1S/C17H26N2O.ClH/c1-11-7-12(2)16(13(3)8-11)10-19-17(20)14-5-4-6-15(18)9-14;/h7-8,14-15H,4-6,9-10,18H2,1-3H3,(H,19,20);1H. The molecule has 0 heterocycles. The summed E-state index contributed by atoms with van der Waals surface area (Å²) in [5, 5.41) is 3.10. The predicted octanol–water partition coefficient (Wildman–Crippen LogP) is 3.17. The minimum Gasteiger partial charge on any atom is -0.352 e. The number of benzene rings is 1. The lowest BCUT2D eigenvalue weighted by molar-refractivity contribution is -0.126. The summed E-state index contributed by atoms with van der Waals surface area (Å²) in [6.07, 6.45) is 3.94. The number of nitrogens with two attached hydrogens (primary N) is 1. The van der Waals surface area contributed by atoms with Gasteiger partial charge >= 0.3 is 0 Å². The number of rotatable bonds is 3. The average molecular weight is 311 g/mol. The molecule has 2 rings (SSSR count). The first-order chi connectivity index (χ1) is 9.47. The van der Waals surface area contributed by atoms with Crippen molar-refractivity contribution in [1.29, 1.82) is 0 Å². The van der Waals surface area contributed by atoms with Crippen molar-refractivity contribution in [1.82, 2.24) is 5.32 Å². The molecule has 118 valence electrons. The van der Waals surface area contributed by atoms with E-state index in [0.29, 0.717) is 6.54 Å². The summed E-state index contributed by atoms with van der Waals surface area (Å²) in [6.45, 7) is 6.95. The SMILES string of the molecule is Cc1cc(C)c(CNC(=O)C2CCCC(N)C2)c(C)c1.Cl. The second-order valence-corrected chi connectivity index (χ2v) is 6.22. The Hall–Kier alpha value is -1.06. The van der Waals surface area contributed by atoms with E-state index in [-0.39, 0.29) is 30.3 Å². The fourth-order valence-corrected chi connectivity index (χ4v) is 3.27. The van der Waals surface area contributed by atoms with E-state index in [1.165, 1.54) is 22.3 Å². The Labute approximate surface area is 134 Å². The molecule has 0 aliphatic heterocycles. The van der Waals surface area contributed by atoms with Crippen LogP contribution in [0, 0.1) is 26.7 Å². The van der Waals surface area contributed by atoms with Crippen molar-refractivity contribution in [2.24, 2.45) is 11.7 Å². The number of halogens is 1. The van der Waals surface area contributed by atoms with Gasteiger partial charge in [-0.1, -0.05) is 24.1 Å². The minimum atomic E-state index is 0. The van der Waals surface area contributed by atoms with E-state index >= 15 is 0 Å². The van der Waals surface area contributed by atoms with Crippen LogP contribution in [0.1, 0.15) is 47.9 Å². The Balaban J connectivity index is 0.00000220. The molecular weight excluding hydrogens is 284 g/mol. The zero-order chi connectivity index (χ0) is 14.7. The molecule has 1 aliphatic rings. The third-order valence-corrected chi connectivity index (χ3v) is 4.37. The van der Waals surface area contributed by atoms with Gasteiger partial charge in [0.05, 0.1) is 0 Å². The Bertz CT molecular complexity index is 479. The van der Waals surface area contributed by atoms with Gasteiger partial charge in [-0.3, -0.25) is 4.79 Å². The highest BCUT2D eigenvalue weighted by Gasteiger charge is 2.25. The number of aryl methyl sites for hydroxylation is 3. The van der Waals surface area contributed by atoms with Crippen LogP contribution in [0.15, 0.2) is 12.1 Å². The number of carbonyl (C=O) groups excluding carboxylic acids is 1. The minimum absolute atomic E-state index is 0. The molecule has 1 fully saturated rings. The number of amides is 1. The van der Waals surface area contributed by atoms with Gasteiger partial charge in [-0.2, -0.15) is 0 Å². The largest absolute Gasteiger partial charge is 0.352 e. The number of hydrogen-bond acceptors (Lipinski definition) is 2. The summed E-state index contributed by atoms with van der Waals surface area (Å²) < 4.78 is 0. The van der Waals surface area contributed by atoms with Gasteiger partial charge < -0.3 is 11.1 Å². The van der Waals surface area contributed by atoms with Gasteiger partial charge in [0.1, 0.15) is 0 Å². The molecule has 21 heavy (non-hydrogen) atoms. The predicted molar refractivity (Wildman–Crippen MR) is 89.7 cm³/mol. The maximum atomic E-state index is 12.2. The van der Waals surface area contributed by atoms with Crippen molar-refractivity contribution in [3.63, 3.8) is 0 Å². The molecule has 0 aromatic heterocycles. The molecule has 0 radical (unpaired) electrons. The molecule has 1 aromatic carbocycles. The summed E-state index contributed by atoms with van der Waals surface area (Å²) in [5.41, 5.74) is 11.0. The van der Waals surface area contributed by atoms with Crippen LogP contribution >= 0.6 is 12.4 Å². The lowest BCUT2D eigenvalue weighted by Gasteiger charge is -2.26. The van der Waals surface area contributed by atoms with Crippen molar-refractivity contribution in [2.45, 2.75) is 59.0 Å².